The molecule has 11 nitrogen and oxygen atoms in total. The minimum atomic E-state index is -5.00. The van der Waals surface area contributed by atoms with E-state index in [9.17, 15) is 44.3 Å². The molecule has 0 spiro atoms. The number of imide groups is 1. The van der Waals surface area contributed by atoms with Crippen LogP contribution in [0.25, 0.3) is 0 Å². The van der Waals surface area contributed by atoms with Crippen LogP contribution in [0.3, 0.4) is 0 Å². The van der Waals surface area contributed by atoms with Gasteiger partial charge in [-0.2, -0.15) is 4.31 Å². The molecule has 294 valence electrons. The molecule has 1 fully saturated rings. The van der Waals surface area contributed by atoms with Gasteiger partial charge in [-0.3, -0.25) is 9.78 Å². The van der Waals surface area contributed by atoms with Crippen LogP contribution in [0.4, 0.5) is 41.2 Å². The van der Waals surface area contributed by atoms with Crippen molar-refractivity contribution in [3.63, 3.8) is 0 Å². The zero-order chi connectivity index (χ0) is 40.2. The van der Waals surface area contributed by atoms with Crippen LogP contribution in [0.15, 0.2) is 84.0 Å². The number of nitrogens with zero attached hydrogens (tertiary/aromatic N) is 3. The normalized spacial score (nSPS) is 17.6. The van der Waals surface area contributed by atoms with Crippen LogP contribution in [0.1, 0.15) is 36.0 Å². The fourth-order valence-electron chi connectivity index (χ4n) is 6.52. The molecule has 2 heterocycles. The fraction of sp³-hybridized carbons (Fsp3) is 0.306. The predicted octanol–water partition coefficient (Wildman–Crippen LogP) is 5.78. The number of hydrogen-bond acceptors (Lipinski definition) is 9. The van der Waals surface area contributed by atoms with Crippen molar-refractivity contribution in [3.05, 3.63) is 119 Å². The van der Waals surface area contributed by atoms with Crippen molar-refractivity contribution in [3.8, 4) is 5.75 Å². The van der Waals surface area contributed by atoms with Gasteiger partial charge in [0.2, 0.25) is 10.0 Å². The number of hydrogen-bond donors (Lipinski definition) is 2. The number of methoxy groups -OCH3 is 1. The third kappa shape index (κ3) is 9.41. The molecular weight excluding hydrogens is 763 g/mol. The van der Waals surface area contributed by atoms with Crippen molar-refractivity contribution in [2.45, 2.75) is 55.1 Å². The lowest BCUT2D eigenvalue weighted by molar-refractivity contribution is -0.274. The highest BCUT2D eigenvalue weighted by Gasteiger charge is 2.40. The van der Waals surface area contributed by atoms with Gasteiger partial charge in [0.1, 0.15) is 29.0 Å². The van der Waals surface area contributed by atoms with Gasteiger partial charge in [-0.1, -0.05) is 12.1 Å². The number of halogens is 7. The van der Waals surface area contributed by atoms with E-state index in [-0.39, 0.29) is 47.5 Å². The number of nitrogens with one attached hydrogen (secondary N) is 1. The molecule has 0 radical (unpaired) electrons. The van der Waals surface area contributed by atoms with E-state index in [0.717, 1.165) is 72.3 Å². The van der Waals surface area contributed by atoms with Crippen LogP contribution < -0.4 is 20.7 Å². The van der Waals surface area contributed by atoms with Crippen LogP contribution in [0.2, 0.25) is 0 Å². The topological polar surface area (TPSA) is 144 Å². The number of sulfonamides is 1. The number of anilines is 1. The lowest BCUT2D eigenvalue weighted by Crippen LogP contribution is -2.58. The largest absolute Gasteiger partial charge is 0.573 e. The summed E-state index contributed by atoms with van der Waals surface area (Å²) < 4.78 is 134. The molecule has 55 heavy (non-hydrogen) atoms. The van der Waals surface area contributed by atoms with Gasteiger partial charge in [-0.15, -0.1) is 13.2 Å². The summed E-state index contributed by atoms with van der Waals surface area (Å²) in [5, 5.41) is 3.09. The van der Waals surface area contributed by atoms with E-state index < -0.39 is 87.1 Å². The van der Waals surface area contributed by atoms with Crippen molar-refractivity contribution < 1.29 is 58.2 Å². The molecule has 0 aliphatic carbocycles. The maximum absolute atomic E-state index is 15.7. The van der Waals surface area contributed by atoms with Crippen molar-refractivity contribution >= 4 is 27.7 Å². The third-order valence-electron chi connectivity index (χ3n) is 8.89. The zero-order valence-electron chi connectivity index (χ0n) is 29.1. The Morgan fingerprint density at radius 3 is 2.18 bits per heavy atom. The molecule has 3 aromatic carbocycles. The van der Waals surface area contributed by atoms with Crippen LogP contribution in [-0.2, 0) is 26.0 Å². The first-order chi connectivity index (χ1) is 25.9. The van der Waals surface area contributed by atoms with Gasteiger partial charge in [-0.05, 0) is 79.4 Å². The van der Waals surface area contributed by atoms with E-state index in [1.807, 2.05) is 0 Å². The minimum Gasteiger partial charge on any atom is -0.452 e. The Hall–Kier alpha value is -5.11. The van der Waals surface area contributed by atoms with Crippen molar-refractivity contribution in [2.75, 3.05) is 25.1 Å². The lowest BCUT2D eigenvalue weighted by Gasteiger charge is -2.40. The van der Waals surface area contributed by atoms with Crippen molar-refractivity contribution in [2.24, 2.45) is 5.73 Å². The van der Waals surface area contributed by atoms with E-state index in [1.165, 1.54) is 12.1 Å². The van der Waals surface area contributed by atoms with Gasteiger partial charge < -0.3 is 20.5 Å². The van der Waals surface area contributed by atoms with E-state index in [0.29, 0.717) is 11.0 Å². The number of rotatable bonds is 11. The Kier molecular flexibility index (Phi) is 12.5. The van der Waals surface area contributed by atoms with Crippen molar-refractivity contribution in [1.82, 2.24) is 14.6 Å². The van der Waals surface area contributed by atoms with E-state index in [2.05, 4.69) is 15.0 Å². The van der Waals surface area contributed by atoms with Gasteiger partial charge in [0.15, 0.2) is 0 Å². The lowest BCUT2D eigenvalue weighted by atomic mass is 9.84. The highest BCUT2D eigenvalue weighted by atomic mass is 32.2. The number of carbonyl (C=O) groups is 2. The Morgan fingerprint density at radius 2 is 1.58 bits per heavy atom. The summed E-state index contributed by atoms with van der Waals surface area (Å²) in [6.45, 7) is 1.86. The maximum Gasteiger partial charge on any atom is 0.573 e. The van der Waals surface area contributed by atoms with Crippen LogP contribution >= 0.6 is 0 Å². The standard InChI is InChI=1S/C36H34F7N5O6S/c1-20-16-45-17-26(48(20)55(51,52)28-10-8-27(9-11-28)54-36(41,42)43)7-12-29-30(40)18-46-19-31(29)47(35(50)53-2)34(49)33(44)32(21-3-5-23(37)6-4-21)22-13-24(38)15-25(39)14-22/h3-6,8-11,13-15,18-20,26,32-33,45H,7,12,16-17,44H2,1-2H3/t20-,26+,32+,33+/m1/s1. The van der Waals surface area contributed by atoms with Crippen LogP contribution in [0, 0.1) is 23.3 Å². The minimum absolute atomic E-state index is 0.0644. The third-order valence-corrected chi connectivity index (χ3v) is 11.0. The number of carbonyl (C=O) groups excluding carboxylic acids is 2. The molecule has 4 atom stereocenters. The first-order valence-corrected chi connectivity index (χ1v) is 18.0. The second-order valence-corrected chi connectivity index (χ2v) is 14.4. The van der Waals surface area contributed by atoms with E-state index in [4.69, 9.17) is 10.5 Å². The molecule has 1 aliphatic rings. The van der Waals surface area contributed by atoms with Crippen LogP contribution in [0.5, 0.6) is 5.75 Å². The van der Waals surface area contributed by atoms with Gasteiger partial charge in [0.25, 0.3) is 5.91 Å². The first-order valence-electron chi connectivity index (χ1n) is 16.5. The molecule has 19 heteroatoms. The maximum atomic E-state index is 15.7. The zero-order valence-corrected chi connectivity index (χ0v) is 29.9. The van der Waals surface area contributed by atoms with Crippen molar-refractivity contribution in [1.29, 1.82) is 0 Å². The summed E-state index contributed by atoms with van der Waals surface area (Å²) in [6.07, 6.45) is -4.97. The predicted molar refractivity (Wildman–Crippen MR) is 183 cm³/mol. The monoisotopic (exact) mass is 797 g/mol. The molecular formula is C36H34F7N5O6S. The molecule has 0 saturated carbocycles. The molecule has 1 aliphatic heterocycles. The van der Waals surface area contributed by atoms with Gasteiger partial charge in [-0.25, -0.2) is 35.7 Å². The van der Waals surface area contributed by atoms with Gasteiger partial charge in [0, 0.05) is 42.7 Å². The highest BCUT2D eigenvalue weighted by molar-refractivity contribution is 7.89. The molecule has 1 aromatic heterocycles. The SMILES string of the molecule is COC(=O)N(C(=O)[C@@H](N)[C@@H](c1ccc(F)cc1)c1cc(F)cc(F)c1)c1cncc(F)c1CC[C@H]1CNC[C@@H](C)N1S(=O)(=O)c1ccc(OC(F)(F)F)cc1. The number of nitrogens with two attached hydrogens (primary N) is 1. The summed E-state index contributed by atoms with van der Waals surface area (Å²) in [5.41, 5.74) is 5.74. The number of aromatic nitrogens is 1. The second-order valence-electron chi connectivity index (χ2n) is 12.6. The number of pyridine rings is 1. The average molecular weight is 798 g/mol. The second kappa shape index (κ2) is 16.7. The Morgan fingerprint density at radius 1 is 0.945 bits per heavy atom. The first kappa shape index (κ1) is 41.1. The van der Waals surface area contributed by atoms with E-state index in [1.54, 1.807) is 6.92 Å². The van der Waals surface area contributed by atoms with Gasteiger partial charge >= 0.3 is 12.5 Å². The quantitative estimate of drug-likeness (QED) is 0.181. The Labute approximate surface area is 310 Å². The molecule has 2 amide bonds. The number of alkyl halides is 3. The molecule has 3 N–H and O–H groups in total. The molecule has 1 saturated heterocycles. The summed E-state index contributed by atoms with van der Waals surface area (Å²) in [6, 6.07) is 7.19. The number of amides is 2. The molecule has 5 rings (SSSR count). The Bertz CT molecular complexity index is 2100. The molecule has 0 bridgehead atoms. The molecule has 0 unspecified atom stereocenters. The highest BCUT2D eigenvalue weighted by Crippen LogP contribution is 2.34. The molecule has 4 aromatic rings. The van der Waals surface area contributed by atoms with E-state index >= 15 is 4.39 Å². The Balaban J connectivity index is 1.48. The number of benzene rings is 3. The number of ether oxygens (including phenoxy) is 2. The average Bonchev–Trinajstić information content (AvgIpc) is 3.11. The summed E-state index contributed by atoms with van der Waals surface area (Å²) >= 11 is 0. The van der Waals surface area contributed by atoms with Gasteiger partial charge in [0.05, 0.1) is 36.1 Å². The smallest absolute Gasteiger partial charge is 0.452 e. The number of piperazine rings is 1. The summed E-state index contributed by atoms with van der Waals surface area (Å²) in [5.74, 6) is -6.93. The van der Waals surface area contributed by atoms with Crippen LogP contribution in [-0.4, -0.2) is 74.4 Å². The summed E-state index contributed by atoms with van der Waals surface area (Å²) in [7, 11) is -3.43. The fourth-order valence-corrected chi connectivity index (χ4v) is 8.36. The summed E-state index contributed by atoms with van der Waals surface area (Å²) in [4.78, 5) is 31.4.